The number of thiophene rings is 1. The first-order valence-electron chi connectivity index (χ1n) is 8.71. The number of carboxylic acids is 1. The molecule has 1 N–H and O–H groups in total. The molecule has 0 saturated heterocycles. The van der Waals surface area contributed by atoms with E-state index in [1.165, 1.54) is 16.7 Å². The van der Waals surface area contributed by atoms with Crippen LogP contribution in [0.4, 0.5) is 9.59 Å². The first kappa shape index (κ1) is 23.1. The Hall–Kier alpha value is -2.20. The van der Waals surface area contributed by atoms with Crippen LogP contribution in [0.1, 0.15) is 57.6 Å². The number of halogens is 1. The molecule has 29 heavy (non-hydrogen) atoms. The Labute approximate surface area is 180 Å². The van der Waals surface area contributed by atoms with Crippen LogP contribution in [0, 0.1) is 0 Å². The van der Waals surface area contributed by atoms with Gasteiger partial charge in [0.25, 0.3) is 0 Å². The first-order chi connectivity index (χ1) is 13.2. The average molecular weight is 487 g/mol. The normalized spacial score (nSPS) is 12.0. The van der Waals surface area contributed by atoms with Crippen molar-refractivity contribution in [1.82, 2.24) is 9.88 Å². The van der Waals surface area contributed by atoms with Crippen molar-refractivity contribution in [3.05, 3.63) is 27.2 Å². The summed E-state index contributed by atoms with van der Waals surface area (Å²) in [5.74, 6) is -1.11. The summed E-state index contributed by atoms with van der Waals surface area (Å²) in [6.07, 6.45) is -1.76. The van der Waals surface area contributed by atoms with Crippen molar-refractivity contribution in [2.24, 2.45) is 0 Å². The second-order valence-corrected chi connectivity index (χ2v) is 10.0. The minimum atomic E-state index is -1.11. The molecule has 0 saturated carbocycles. The fourth-order valence-corrected chi connectivity index (χ4v) is 3.87. The fourth-order valence-electron chi connectivity index (χ4n) is 2.25. The van der Waals surface area contributed by atoms with Crippen LogP contribution in [0.5, 0.6) is 0 Å². The van der Waals surface area contributed by atoms with E-state index in [9.17, 15) is 19.5 Å². The van der Waals surface area contributed by atoms with Crippen LogP contribution in [0.15, 0.2) is 15.9 Å². The van der Waals surface area contributed by atoms with Crippen molar-refractivity contribution in [1.29, 1.82) is 0 Å². The average Bonchev–Trinajstić information content (AvgIpc) is 2.93. The SMILES string of the molecule is CC(C)(C)OC(=O)N(Cc1cc(Br)c2scc(C(=O)O)c2n1)C(=O)OC(C)(C)C. The van der Waals surface area contributed by atoms with Crippen molar-refractivity contribution in [3.63, 3.8) is 0 Å². The van der Waals surface area contributed by atoms with Crippen LogP contribution in [0.2, 0.25) is 0 Å². The third-order valence-corrected chi connectivity index (χ3v) is 5.20. The van der Waals surface area contributed by atoms with Gasteiger partial charge in [-0.2, -0.15) is 0 Å². The summed E-state index contributed by atoms with van der Waals surface area (Å²) in [4.78, 5) is 41.9. The quantitative estimate of drug-likeness (QED) is 0.616. The molecule has 0 unspecified atom stereocenters. The molecule has 0 aliphatic heterocycles. The first-order valence-corrected chi connectivity index (χ1v) is 10.4. The highest BCUT2D eigenvalue weighted by atomic mass is 79.9. The zero-order chi connectivity index (χ0) is 22.1. The summed E-state index contributed by atoms with van der Waals surface area (Å²) < 4.78 is 11.9. The molecule has 0 atom stereocenters. The Morgan fingerprint density at radius 3 is 2.07 bits per heavy atom. The molecule has 2 aromatic heterocycles. The molecular weight excluding hydrogens is 464 g/mol. The van der Waals surface area contributed by atoms with Gasteiger partial charge >= 0.3 is 18.2 Å². The third kappa shape index (κ3) is 6.14. The molecule has 0 radical (unpaired) electrons. The van der Waals surface area contributed by atoms with E-state index in [0.29, 0.717) is 14.9 Å². The number of carbonyl (C=O) groups excluding carboxylic acids is 2. The number of fused-ring (bicyclic) bond motifs is 1. The molecule has 8 nitrogen and oxygen atoms in total. The van der Waals surface area contributed by atoms with Gasteiger partial charge in [-0.15, -0.1) is 11.3 Å². The largest absolute Gasteiger partial charge is 0.478 e. The number of amides is 2. The summed E-state index contributed by atoms with van der Waals surface area (Å²) >= 11 is 4.64. The number of aromatic carboxylic acids is 1. The second kappa shape index (κ2) is 8.27. The van der Waals surface area contributed by atoms with E-state index in [-0.39, 0.29) is 17.6 Å². The predicted octanol–water partition coefficient (Wildman–Crippen LogP) is 5.43. The Morgan fingerprint density at radius 2 is 1.62 bits per heavy atom. The Kier molecular flexibility index (Phi) is 6.58. The maximum absolute atomic E-state index is 12.6. The number of pyridine rings is 1. The molecule has 158 valence electrons. The van der Waals surface area contributed by atoms with Crippen LogP contribution in [-0.4, -0.2) is 44.3 Å². The van der Waals surface area contributed by atoms with Crippen LogP contribution in [0.25, 0.3) is 10.2 Å². The van der Waals surface area contributed by atoms with Crippen molar-refractivity contribution in [3.8, 4) is 0 Å². The highest BCUT2D eigenvalue weighted by molar-refractivity contribution is 9.10. The van der Waals surface area contributed by atoms with E-state index in [1.54, 1.807) is 47.6 Å². The van der Waals surface area contributed by atoms with Gasteiger partial charge < -0.3 is 14.6 Å². The molecule has 0 aliphatic rings. The van der Waals surface area contributed by atoms with Gasteiger partial charge in [0, 0.05) is 9.85 Å². The van der Waals surface area contributed by atoms with Crippen molar-refractivity contribution in [2.75, 3.05) is 0 Å². The fraction of sp³-hybridized carbons (Fsp3) is 0.474. The standard InChI is InChI=1S/C19H23BrN2O6S/c1-18(2,3)27-16(25)22(17(26)28-19(4,5)6)8-10-7-12(20)14-13(21-10)11(9-29-14)15(23)24/h7,9H,8H2,1-6H3,(H,23,24). The molecule has 2 aromatic rings. The molecule has 2 heterocycles. The van der Waals surface area contributed by atoms with Gasteiger partial charge in [0.15, 0.2) is 0 Å². The number of nitrogens with zero attached hydrogens (tertiary/aromatic N) is 2. The Bertz CT molecular complexity index is 930. The van der Waals surface area contributed by atoms with Crippen molar-refractivity contribution < 1.29 is 29.0 Å². The minimum Gasteiger partial charge on any atom is -0.478 e. The maximum Gasteiger partial charge on any atom is 0.420 e. The van der Waals surface area contributed by atoms with Gasteiger partial charge in [0.2, 0.25) is 0 Å². The molecule has 0 spiro atoms. The number of carboxylic acid groups (broad SMARTS) is 1. The number of carbonyl (C=O) groups is 3. The molecular formula is C19H23BrN2O6S. The summed E-state index contributed by atoms with van der Waals surface area (Å²) in [6, 6.07) is 1.63. The summed E-state index contributed by atoms with van der Waals surface area (Å²) in [5.41, 5.74) is -1.01. The lowest BCUT2D eigenvalue weighted by Crippen LogP contribution is -2.43. The van der Waals surface area contributed by atoms with E-state index in [0.717, 1.165) is 4.90 Å². The topological polar surface area (TPSA) is 106 Å². The van der Waals surface area contributed by atoms with E-state index in [2.05, 4.69) is 20.9 Å². The van der Waals surface area contributed by atoms with E-state index < -0.39 is 29.4 Å². The second-order valence-electron chi connectivity index (χ2n) is 8.27. The van der Waals surface area contributed by atoms with Crippen molar-refractivity contribution in [2.45, 2.75) is 59.3 Å². The summed E-state index contributed by atoms with van der Waals surface area (Å²) in [5, 5.41) is 10.9. The Balaban J connectivity index is 2.44. The minimum absolute atomic E-state index is 0.0497. The van der Waals surface area contributed by atoms with Gasteiger partial charge in [-0.25, -0.2) is 24.3 Å². The van der Waals surface area contributed by atoms with E-state index >= 15 is 0 Å². The van der Waals surface area contributed by atoms with Gasteiger partial charge in [-0.1, -0.05) is 0 Å². The zero-order valence-corrected chi connectivity index (χ0v) is 19.4. The lowest BCUT2D eigenvalue weighted by atomic mass is 10.2. The lowest BCUT2D eigenvalue weighted by molar-refractivity contribution is -0.000506. The molecule has 0 aromatic carbocycles. The zero-order valence-electron chi connectivity index (χ0n) is 17.0. The maximum atomic E-state index is 12.6. The summed E-state index contributed by atoms with van der Waals surface area (Å²) in [6.45, 7) is 9.86. The number of ether oxygens (including phenoxy) is 2. The molecule has 10 heteroatoms. The lowest BCUT2D eigenvalue weighted by Gasteiger charge is -2.28. The molecule has 2 rings (SSSR count). The monoisotopic (exact) mass is 486 g/mol. The van der Waals surface area contributed by atoms with Crippen LogP contribution in [-0.2, 0) is 16.0 Å². The number of imide groups is 1. The number of hydrogen-bond acceptors (Lipinski definition) is 7. The summed E-state index contributed by atoms with van der Waals surface area (Å²) in [7, 11) is 0. The highest BCUT2D eigenvalue weighted by Gasteiger charge is 2.32. The highest BCUT2D eigenvalue weighted by Crippen LogP contribution is 2.32. The number of aromatic nitrogens is 1. The van der Waals surface area contributed by atoms with Gasteiger partial charge in [-0.05, 0) is 63.5 Å². The number of rotatable bonds is 3. The Morgan fingerprint density at radius 1 is 1.10 bits per heavy atom. The molecule has 0 bridgehead atoms. The van der Waals surface area contributed by atoms with Crippen LogP contribution in [0.3, 0.4) is 0 Å². The number of hydrogen-bond donors (Lipinski definition) is 1. The smallest absolute Gasteiger partial charge is 0.420 e. The third-order valence-electron chi connectivity index (χ3n) is 3.31. The molecule has 0 aliphatic carbocycles. The van der Waals surface area contributed by atoms with Gasteiger partial charge in [-0.3, -0.25) is 0 Å². The van der Waals surface area contributed by atoms with Gasteiger partial charge in [0.1, 0.15) is 11.2 Å². The van der Waals surface area contributed by atoms with E-state index in [1.807, 2.05) is 0 Å². The van der Waals surface area contributed by atoms with Crippen molar-refractivity contribution >= 4 is 55.6 Å². The van der Waals surface area contributed by atoms with Gasteiger partial charge in [0.05, 0.1) is 28.0 Å². The molecule has 2 amide bonds. The van der Waals surface area contributed by atoms with Crippen LogP contribution >= 0.6 is 27.3 Å². The van der Waals surface area contributed by atoms with Crippen LogP contribution < -0.4 is 0 Å². The predicted molar refractivity (Wildman–Crippen MR) is 112 cm³/mol. The van der Waals surface area contributed by atoms with E-state index in [4.69, 9.17) is 9.47 Å². The molecule has 0 fully saturated rings.